The lowest BCUT2D eigenvalue weighted by molar-refractivity contribution is 0.241. The lowest BCUT2D eigenvalue weighted by atomic mass is 10.0. The van der Waals surface area contributed by atoms with Gasteiger partial charge in [0.2, 0.25) is 0 Å². The van der Waals surface area contributed by atoms with Crippen LogP contribution in [0.3, 0.4) is 0 Å². The highest BCUT2D eigenvalue weighted by molar-refractivity contribution is 5.35. The standard InChI is InChI=1S/C12H17N/c1-9-8-10-6-4-5-7-11(10)12(9)13(2)3/h4-7,9,12H,8H2,1-3H3/t9-,12-/m1/s1. The molecule has 1 aliphatic carbocycles. The van der Waals surface area contributed by atoms with E-state index in [9.17, 15) is 0 Å². The molecule has 0 amide bonds. The zero-order chi connectivity index (χ0) is 9.42. The second-order valence-corrected chi connectivity index (χ2v) is 4.29. The minimum Gasteiger partial charge on any atom is -0.302 e. The van der Waals surface area contributed by atoms with E-state index in [1.165, 1.54) is 17.5 Å². The molecule has 1 aromatic carbocycles. The maximum Gasteiger partial charge on any atom is 0.0373 e. The molecule has 1 heteroatoms. The first-order valence-corrected chi connectivity index (χ1v) is 4.94. The molecule has 0 radical (unpaired) electrons. The van der Waals surface area contributed by atoms with Crippen molar-refractivity contribution in [3.05, 3.63) is 35.4 Å². The number of nitrogens with zero attached hydrogens (tertiary/aromatic N) is 1. The largest absolute Gasteiger partial charge is 0.302 e. The van der Waals surface area contributed by atoms with Crippen LogP contribution in [0.4, 0.5) is 0 Å². The van der Waals surface area contributed by atoms with Crippen molar-refractivity contribution in [2.45, 2.75) is 19.4 Å². The summed E-state index contributed by atoms with van der Waals surface area (Å²) in [5.74, 6) is 0.757. The van der Waals surface area contributed by atoms with Gasteiger partial charge in [-0.3, -0.25) is 0 Å². The van der Waals surface area contributed by atoms with Crippen molar-refractivity contribution in [2.75, 3.05) is 14.1 Å². The lowest BCUT2D eigenvalue weighted by Crippen LogP contribution is -2.22. The first kappa shape index (κ1) is 8.76. The summed E-state index contributed by atoms with van der Waals surface area (Å²) >= 11 is 0. The maximum atomic E-state index is 2.34. The molecule has 0 saturated heterocycles. The minimum atomic E-state index is 0.621. The molecule has 0 heterocycles. The molecule has 13 heavy (non-hydrogen) atoms. The highest BCUT2D eigenvalue weighted by Gasteiger charge is 2.29. The molecule has 0 aliphatic heterocycles. The van der Waals surface area contributed by atoms with Crippen LogP contribution in [0.25, 0.3) is 0 Å². The summed E-state index contributed by atoms with van der Waals surface area (Å²) < 4.78 is 0. The Balaban J connectivity index is 2.40. The highest BCUT2D eigenvalue weighted by atomic mass is 15.1. The topological polar surface area (TPSA) is 3.24 Å². The Morgan fingerprint density at radius 3 is 2.62 bits per heavy atom. The van der Waals surface area contributed by atoms with Crippen LogP contribution in [0.2, 0.25) is 0 Å². The normalized spacial score (nSPS) is 26.5. The van der Waals surface area contributed by atoms with Crippen molar-refractivity contribution < 1.29 is 0 Å². The van der Waals surface area contributed by atoms with Crippen LogP contribution in [0.15, 0.2) is 24.3 Å². The van der Waals surface area contributed by atoms with Gasteiger partial charge in [-0.05, 0) is 37.6 Å². The Hall–Kier alpha value is -0.820. The minimum absolute atomic E-state index is 0.621. The fourth-order valence-electron chi connectivity index (χ4n) is 2.56. The Bertz CT molecular complexity index is 304. The van der Waals surface area contributed by atoms with E-state index in [1.807, 2.05) is 0 Å². The molecule has 0 bridgehead atoms. The summed E-state index contributed by atoms with van der Waals surface area (Å²) in [4.78, 5) is 2.33. The van der Waals surface area contributed by atoms with Gasteiger partial charge in [-0.1, -0.05) is 31.2 Å². The third-order valence-corrected chi connectivity index (χ3v) is 3.01. The first-order valence-electron chi connectivity index (χ1n) is 4.94. The molecular formula is C12H17N. The van der Waals surface area contributed by atoms with Gasteiger partial charge in [0.1, 0.15) is 0 Å². The van der Waals surface area contributed by atoms with Gasteiger partial charge in [-0.15, -0.1) is 0 Å². The molecule has 2 rings (SSSR count). The van der Waals surface area contributed by atoms with Crippen molar-refractivity contribution in [2.24, 2.45) is 5.92 Å². The summed E-state index contributed by atoms with van der Waals surface area (Å²) in [6.07, 6.45) is 1.24. The number of hydrogen-bond donors (Lipinski definition) is 0. The molecule has 1 nitrogen and oxygen atoms in total. The second-order valence-electron chi connectivity index (χ2n) is 4.29. The third-order valence-electron chi connectivity index (χ3n) is 3.01. The molecule has 1 aliphatic rings. The van der Waals surface area contributed by atoms with E-state index in [4.69, 9.17) is 0 Å². The average molecular weight is 175 g/mol. The summed E-state index contributed by atoms with van der Waals surface area (Å²) in [5.41, 5.74) is 3.06. The van der Waals surface area contributed by atoms with Gasteiger partial charge in [0.05, 0.1) is 0 Å². The number of fused-ring (bicyclic) bond motifs is 1. The Labute approximate surface area is 80.4 Å². The zero-order valence-electron chi connectivity index (χ0n) is 8.62. The second kappa shape index (κ2) is 3.15. The molecule has 0 aromatic heterocycles. The molecule has 0 spiro atoms. The third kappa shape index (κ3) is 1.37. The van der Waals surface area contributed by atoms with E-state index < -0.39 is 0 Å². The van der Waals surface area contributed by atoms with Crippen molar-refractivity contribution in [3.8, 4) is 0 Å². The SMILES string of the molecule is C[C@@H]1Cc2ccccc2[C@@H]1N(C)C. The van der Waals surface area contributed by atoms with Crippen LogP contribution in [0.1, 0.15) is 24.1 Å². The van der Waals surface area contributed by atoms with E-state index in [1.54, 1.807) is 0 Å². The predicted molar refractivity (Wildman–Crippen MR) is 55.7 cm³/mol. The van der Waals surface area contributed by atoms with Gasteiger partial charge in [-0.25, -0.2) is 0 Å². The van der Waals surface area contributed by atoms with Crippen LogP contribution in [-0.4, -0.2) is 19.0 Å². The van der Waals surface area contributed by atoms with Gasteiger partial charge in [0.15, 0.2) is 0 Å². The maximum absolute atomic E-state index is 2.34. The summed E-state index contributed by atoms with van der Waals surface area (Å²) in [7, 11) is 4.34. The molecule has 0 N–H and O–H groups in total. The van der Waals surface area contributed by atoms with Crippen LogP contribution in [0, 0.1) is 5.92 Å². The van der Waals surface area contributed by atoms with Gasteiger partial charge in [-0.2, -0.15) is 0 Å². The first-order chi connectivity index (χ1) is 6.20. The summed E-state index contributed by atoms with van der Waals surface area (Å²) in [6, 6.07) is 9.44. The van der Waals surface area contributed by atoms with Gasteiger partial charge >= 0.3 is 0 Å². The summed E-state index contributed by atoms with van der Waals surface area (Å²) in [5, 5.41) is 0. The highest BCUT2D eigenvalue weighted by Crippen LogP contribution is 2.38. The molecule has 1 aromatic rings. The Kier molecular flexibility index (Phi) is 2.12. The summed E-state index contributed by atoms with van der Waals surface area (Å²) in [6.45, 7) is 2.34. The lowest BCUT2D eigenvalue weighted by Gasteiger charge is -2.24. The zero-order valence-corrected chi connectivity index (χ0v) is 8.62. The van der Waals surface area contributed by atoms with E-state index in [2.05, 4.69) is 50.2 Å². The molecule has 2 atom stereocenters. The van der Waals surface area contributed by atoms with E-state index in [0.29, 0.717) is 6.04 Å². The van der Waals surface area contributed by atoms with Gasteiger partial charge in [0, 0.05) is 6.04 Å². The van der Waals surface area contributed by atoms with Crippen LogP contribution in [-0.2, 0) is 6.42 Å². The number of benzene rings is 1. The smallest absolute Gasteiger partial charge is 0.0373 e. The van der Waals surface area contributed by atoms with Gasteiger partial charge in [0.25, 0.3) is 0 Å². The number of hydrogen-bond acceptors (Lipinski definition) is 1. The fraction of sp³-hybridized carbons (Fsp3) is 0.500. The Morgan fingerprint density at radius 1 is 1.23 bits per heavy atom. The van der Waals surface area contributed by atoms with Crippen molar-refractivity contribution in [1.82, 2.24) is 4.90 Å². The van der Waals surface area contributed by atoms with E-state index in [0.717, 1.165) is 5.92 Å². The van der Waals surface area contributed by atoms with Crippen molar-refractivity contribution in [3.63, 3.8) is 0 Å². The van der Waals surface area contributed by atoms with E-state index in [-0.39, 0.29) is 0 Å². The van der Waals surface area contributed by atoms with Crippen LogP contribution < -0.4 is 0 Å². The van der Waals surface area contributed by atoms with Crippen molar-refractivity contribution in [1.29, 1.82) is 0 Å². The van der Waals surface area contributed by atoms with Gasteiger partial charge < -0.3 is 4.90 Å². The molecule has 0 unspecified atom stereocenters. The van der Waals surface area contributed by atoms with Crippen LogP contribution >= 0.6 is 0 Å². The average Bonchev–Trinajstić information content (AvgIpc) is 2.39. The molecule has 0 saturated carbocycles. The monoisotopic (exact) mass is 175 g/mol. The number of rotatable bonds is 1. The van der Waals surface area contributed by atoms with Crippen molar-refractivity contribution >= 4 is 0 Å². The molecule has 70 valence electrons. The quantitative estimate of drug-likeness (QED) is 0.634. The molecule has 0 fully saturated rings. The Morgan fingerprint density at radius 2 is 1.92 bits per heavy atom. The predicted octanol–water partition coefficient (Wildman–Crippen LogP) is 2.48. The van der Waals surface area contributed by atoms with E-state index >= 15 is 0 Å². The van der Waals surface area contributed by atoms with Crippen LogP contribution in [0.5, 0.6) is 0 Å². The fourth-order valence-corrected chi connectivity index (χ4v) is 2.56. The molecular weight excluding hydrogens is 158 g/mol.